The van der Waals surface area contributed by atoms with E-state index in [9.17, 15) is 19.5 Å². The second kappa shape index (κ2) is 9.90. The highest BCUT2D eigenvalue weighted by Crippen LogP contribution is 2.44. The van der Waals surface area contributed by atoms with E-state index in [4.69, 9.17) is 4.74 Å². The fourth-order valence-corrected chi connectivity index (χ4v) is 4.69. The van der Waals surface area contributed by atoms with Crippen molar-refractivity contribution in [3.05, 3.63) is 71.8 Å². The molecule has 0 radical (unpaired) electrons. The first kappa shape index (κ1) is 22.6. The lowest BCUT2D eigenvalue weighted by atomic mass is 9.92. The van der Waals surface area contributed by atoms with Crippen LogP contribution in [0.5, 0.6) is 0 Å². The highest BCUT2D eigenvalue weighted by Gasteiger charge is 2.33. The molecule has 2 aromatic rings. The van der Waals surface area contributed by atoms with Gasteiger partial charge in [0, 0.05) is 25.1 Å². The van der Waals surface area contributed by atoms with Gasteiger partial charge in [-0.05, 0) is 41.0 Å². The van der Waals surface area contributed by atoms with E-state index < -0.39 is 18.1 Å². The summed E-state index contributed by atoms with van der Waals surface area (Å²) in [5, 5.41) is 12.0. The van der Waals surface area contributed by atoms with Crippen molar-refractivity contribution < 1.29 is 24.2 Å². The number of hydrogen-bond acceptors (Lipinski definition) is 4. The number of carbonyl (C=O) groups excluding carboxylic acids is 2. The van der Waals surface area contributed by atoms with Crippen LogP contribution in [0.4, 0.5) is 4.79 Å². The zero-order valence-electron chi connectivity index (χ0n) is 18.6. The maximum absolute atomic E-state index is 12.4. The highest BCUT2D eigenvalue weighted by atomic mass is 16.5. The lowest BCUT2D eigenvalue weighted by molar-refractivity contribution is -0.151. The Hall–Kier alpha value is -3.61. The number of carboxylic acid groups (broad SMARTS) is 1. The molecule has 2 amide bonds. The van der Waals surface area contributed by atoms with Crippen molar-refractivity contribution in [3.63, 3.8) is 0 Å². The van der Waals surface area contributed by atoms with Crippen LogP contribution >= 0.6 is 0 Å². The van der Waals surface area contributed by atoms with Crippen LogP contribution in [0.3, 0.4) is 0 Å². The molecule has 7 heteroatoms. The molecule has 0 saturated carbocycles. The van der Waals surface area contributed by atoms with Crippen molar-refractivity contribution in [1.82, 2.24) is 10.2 Å². The van der Waals surface area contributed by atoms with Crippen molar-refractivity contribution in [2.24, 2.45) is 5.92 Å². The average molecular weight is 449 g/mol. The van der Waals surface area contributed by atoms with Crippen LogP contribution in [0.25, 0.3) is 11.1 Å². The van der Waals surface area contributed by atoms with E-state index >= 15 is 0 Å². The largest absolute Gasteiger partial charge is 0.480 e. The number of carboxylic acids is 1. The van der Waals surface area contributed by atoms with E-state index in [0.29, 0.717) is 13.0 Å². The zero-order valence-corrected chi connectivity index (χ0v) is 18.6. The lowest BCUT2D eigenvalue weighted by Crippen LogP contribution is -2.49. The minimum absolute atomic E-state index is 0.0188. The van der Waals surface area contributed by atoms with Gasteiger partial charge in [-0.25, -0.2) is 9.59 Å². The Balaban J connectivity index is 1.28. The summed E-state index contributed by atoms with van der Waals surface area (Å²) in [5.74, 6) is -1.09. The third kappa shape index (κ3) is 4.92. The minimum atomic E-state index is -0.986. The van der Waals surface area contributed by atoms with Crippen LogP contribution in [-0.4, -0.2) is 53.7 Å². The molecule has 2 aromatic carbocycles. The molecule has 1 saturated heterocycles. The lowest BCUT2D eigenvalue weighted by Gasteiger charge is -2.35. The smallest absolute Gasteiger partial charge is 0.407 e. The van der Waals surface area contributed by atoms with Gasteiger partial charge in [-0.15, -0.1) is 0 Å². The highest BCUT2D eigenvalue weighted by molar-refractivity contribution is 5.91. The summed E-state index contributed by atoms with van der Waals surface area (Å²) in [6.07, 6.45) is 3.49. The summed E-state index contributed by atoms with van der Waals surface area (Å²) < 4.78 is 5.47. The number of nitrogens with zero attached hydrogens (tertiary/aromatic N) is 1. The van der Waals surface area contributed by atoms with E-state index in [1.807, 2.05) is 31.2 Å². The molecule has 0 aromatic heterocycles. The summed E-state index contributed by atoms with van der Waals surface area (Å²) in [6.45, 7) is 2.74. The number of piperidine rings is 1. The predicted molar refractivity (Wildman–Crippen MR) is 124 cm³/mol. The van der Waals surface area contributed by atoms with Crippen molar-refractivity contribution in [2.75, 3.05) is 19.7 Å². The van der Waals surface area contributed by atoms with Gasteiger partial charge in [0.2, 0.25) is 5.91 Å². The summed E-state index contributed by atoms with van der Waals surface area (Å²) in [4.78, 5) is 37.5. The van der Waals surface area contributed by atoms with E-state index in [1.165, 1.54) is 17.1 Å². The van der Waals surface area contributed by atoms with Crippen LogP contribution in [-0.2, 0) is 14.3 Å². The first-order valence-electron chi connectivity index (χ1n) is 11.2. The number of hydrogen-bond donors (Lipinski definition) is 2. The third-order valence-corrected chi connectivity index (χ3v) is 6.40. The number of benzene rings is 2. The number of carbonyl (C=O) groups is 3. The fraction of sp³-hybridized carbons (Fsp3) is 0.346. The predicted octanol–water partition coefficient (Wildman–Crippen LogP) is 3.79. The van der Waals surface area contributed by atoms with Crippen LogP contribution in [0.15, 0.2) is 60.7 Å². The Morgan fingerprint density at radius 2 is 1.73 bits per heavy atom. The van der Waals surface area contributed by atoms with Crippen LogP contribution in [0.1, 0.15) is 36.8 Å². The Kier molecular flexibility index (Phi) is 6.77. The van der Waals surface area contributed by atoms with Gasteiger partial charge in [-0.2, -0.15) is 0 Å². The van der Waals surface area contributed by atoms with Crippen LogP contribution in [0, 0.1) is 5.92 Å². The number of amides is 2. The minimum Gasteiger partial charge on any atom is -0.480 e. The molecule has 1 fully saturated rings. The number of aliphatic carboxylic acids is 1. The fourth-order valence-electron chi connectivity index (χ4n) is 4.69. The van der Waals surface area contributed by atoms with E-state index in [1.54, 1.807) is 0 Å². The summed E-state index contributed by atoms with van der Waals surface area (Å²) >= 11 is 0. The summed E-state index contributed by atoms with van der Waals surface area (Å²) in [6, 6.07) is 15.4. The number of likely N-dealkylation sites (tertiary alicyclic amines) is 1. The van der Waals surface area contributed by atoms with Gasteiger partial charge >= 0.3 is 12.1 Å². The SMILES string of the molecule is CC1CCN(C(=O)/C=C/CNC(=O)OCC2c3ccccc3-c3ccccc32)C(C(=O)O)C1. The Morgan fingerprint density at radius 1 is 1.09 bits per heavy atom. The van der Waals surface area contributed by atoms with Gasteiger partial charge < -0.3 is 20.1 Å². The number of ether oxygens (including phenoxy) is 1. The molecule has 33 heavy (non-hydrogen) atoms. The topological polar surface area (TPSA) is 95.9 Å². The van der Waals surface area contributed by atoms with Crippen molar-refractivity contribution in [3.8, 4) is 11.1 Å². The van der Waals surface area contributed by atoms with Gasteiger partial charge in [0.05, 0.1) is 0 Å². The molecule has 1 aliphatic heterocycles. The molecule has 172 valence electrons. The monoisotopic (exact) mass is 448 g/mol. The van der Waals surface area contributed by atoms with Crippen LogP contribution < -0.4 is 5.32 Å². The Bertz CT molecular complexity index is 1030. The van der Waals surface area contributed by atoms with Crippen molar-refractivity contribution >= 4 is 18.0 Å². The maximum Gasteiger partial charge on any atom is 0.407 e. The van der Waals surface area contributed by atoms with E-state index in [0.717, 1.165) is 28.7 Å². The molecule has 2 aliphatic rings. The molecule has 0 spiro atoms. The van der Waals surface area contributed by atoms with Gasteiger partial charge in [-0.1, -0.05) is 61.5 Å². The van der Waals surface area contributed by atoms with Gasteiger partial charge in [0.1, 0.15) is 12.6 Å². The van der Waals surface area contributed by atoms with Crippen molar-refractivity contribution in [1.29, 1.82) is 0 Å². The second-order valence-electron chi connectivity index (χ2n) is 8.62. The average Bonchev–Trinajstić information content (AvgIpc) is 3.14. The van der Waals surface area contributed by atoms with Crippen LogP contribution in [0.2, 0.25) is 0 Å². The first-order chi connectivity index (χ1) is 16.0. The molecular weight excluding hydrogens is 420 g/mol. The molecule has 1 aliphatic carbocycles. The molecule has 2 unspecified atom stereocenters. The number of alkyl carbamates (subject to hydrolysis) is 1. The molecule has 7 nitrogen and oxygen atoms in total. The molecule has 4 rings (SSSR count). The third-order valence-electron chi connectivity index (χ3n) is 6.40. The molecule has 2 atom stereocenters. The van der Waals surface area contributed by atoms with Gasteiger partial charge in [-0.3, -0.25) is 4.79 Å². The van der Waals surface area contributed by atoms with Gasteiger partial charge in [0.15, 0.2) is 0 Å². The standard InChI is InChI=1S/C26H28N2O5/c1-17-12-14-28(23(15-17)25(30)31)24(29)11-6-13-27-26(32)33-16-22-20-9-4-2-7-18(20)19-8-3-5-10-21(19)22/h2-11,17,22-23H,12-16H2,1H3,(H,27,32)(H,30,31)/b11-6+. The normalized spacial score (nSPS) is 19.7. The summed E-state index contributed by atoms with van der Waals surface area (Å²) in [7, 11) is 0. The molecular formula is C26H28N2O5. The zero-order chi connectivity index (χ0) is 23.4. The van der Waals surface area contributed by atoms with Crippen molar-refractivity contribution in [2.45, 2.75) is 31.7 Å². The quantitative estimate of drug-likeness (QED) is 0.656. The first-order valence-corrected chi connectivity index (χ1v) is 11.2. The summed E-state index contributed by atoms with van der Waals surface area (Å²) in [5.41, 5.74) is 4.60. The number of nitrogens with one attached hydrogen (secondary N) is 1. The molecule has 1 heterocycles. The molecule has 2 N–H and O–H groups in total. The molecule has 0 bridgehead atoms. The Morgan fingerprint density at radius 3 is 2.36 bits per heavy atom. The maximum atomic E-state index is 12.4. The van der Waals surface area contributed by atoms with E-state index in [-0.39, 0.29) is 30.9 Å². The second-order valence-corrected chi connectivity index (χ2v) is 8.62. The van der Waals surface area contributed by atoms with E-state index in [2.05, 4.69) is 29.6 Å². The Labute approximate surface area is 193 Å². The van der Waals surface area contributed by atoms with Gasteiger partial charge in [0.25, 0.3) is 0 Å². The number of rotatable bonds is 6. The number of fused-ring (bicyclic) bond motifs is 3.